The van der Waals surface area contributed by atoms with Gasteiger partial charge in [0.2, 0.25) is 10.0 Å². The summed E-state index contributed by atoms with van der Waals surface area (Å²) in [6.07, 6.45) is 0. The van der Waals surface area contributed by atoms with Crippen molar-refractivity contribution in [2.45, 2.75) is 11.8 Å². The molecular weight excluding hydrogens is 278 g/mol. The maximum Gasteiger partial charge on any atom is 0.238 e. The summed E-state index contributed by atoms with van der Waals surface area (Å²) in [6.45, 7) is 1.63. The van der Waals surface area contributed by atoms with Gasteiger partial charge in [-0.3, -0.25) is 0 Å². The molecule has 0 aliphatic heterocycles. The van der Waals surface area contributed by atoms with Gasteiger partial charge in [-0.15, -0.1) is 0 Å². The molecule has 0 bridgehead atoms. The molecule has 0 atom stereocenters. The second kappa shape index (κ2) is 3.57. The third-order valence-electron chi connectivity index (χ3n) is 1.60. The highest BCUT2D eigenvalue weighted by atomic mass is 79.9. The summed E-state index contributed by atoms with van der Waals surface area (Å²) in [4.78, 5) is 0.0868. The van der Waals surface area contributed by atoms with Crippen molar-refractivity contribution in [3.8, 4) is 0 Å². The number of primary sulfonamides is 1. The first-order valence-electron chi connectivity index (χ1n) is 3.31. The van der Waals surface area contributed by atoms with E-state index in [1.54, 1.807) is 6.92 Å². The van der Waals surface area contributed by atoms with Gasteiger partial charge in [-0.2, -0.15) is 0 Å². The Morgan fingerprint density at radius 3 is 2.46 bits per heavy atom. The van der Waals surface area contributed by atoms with Crippen LogP contribution in [0.4, 0.5) is 0 Å². The van der Waals surface area contributed by atoms with Crippen LogP contribution in [0.2, 0.25) is 5.02 Å². The van der Waals surface area contributed by atoms with Crippen molar-refractivity contribution in [3.05, 3.63) is 27.2 Å². The summed E-state index contributed by atoms with van der Waals surface area (Å²) in [5.41, 5.74) is 0.523. The molecule has 0 amide bonds. The number of benzene rings is 1. The highest BCUT2D eigenvalue weighted by Crippen LogP contribution is 2.29. The lowest BCUT2D eigenvalue weighted by Gasteiger charge is -2.06. The Bertz CT molecular complexity index is 444. The number of hydrogen-bond donors (Lipinski definition) is 1. The molecule has 72 valence electrons. The molecular formula is C7H7BrClNO2S. The minimum Gasteiger partial charge on any atom is -0.225 e. The van der Waals surface area contributed by atoms with Gasteiger partial charge in [-0.25, -0.2) is 13.6 Å². The minimum absolute atomic E-state index is 0.0868. The third-order valence-corrected chi connectivity index (χ3v) is 4.22. The molecule has 1 aromatic carbocycles. The average Bonchev–Trinajstić information content (AvgIpc) is 1.98. The largest absolute Gasteiger partial charge is 0.238 e. The number of rotatable bonds is 1. The van der Waals surface area contributed by atoms with Crippen LogP contribution in [0.25, 0.3) is 0 Å². The molecule has 0 aliphatic rings. The lowest BCUT2D eigenvalue weighted by Crippen LogP contribution is -2.13. The van der Waals surface area contributed by atoms with Crippen molar-refractivity contribution in [1.29, 1.82) is 0 Å². The molecule has 0 aromatic heterocycles. The number of nitrogens with two attached hydrogens (primary N) is 1. The molecule has 2 N–H and O–H groups in total. The summed E-state index contributed by atoms with van der Waals surface area (Å²) < 4.78 is 22.6. The van der Waals surface area contributed by atoms with Crippen LogP contribution in [-0.2, 0) is 10.0 Å². The van der Waals surface area contributed by atoms with Gasteiger partial charge in [0.05, 0.1) is 9.92 Å². The van der Waals surface area contributed by atoms with E-state index in [9.17, 15) is 8.42 Å². The Hall–Kier alpha value is -0.100. The van der Waals surface area contributed by atoms with Crippen molar-refractivity contribution >= 4 is 37.6 Å². The Labute approximate surface area is 90.1 Å². The Morgan fingerprint density at radius 2 is 2.00 bits per heavy atom. The van der Waals surface area contributed by atoms with E-state index in [0.29, 0.717) is 15.1 Å². The fourth-order valence-electron chi connectivity index (χ4n) is 0.943. The standard InChI is InChI=1S/C7H7BrClNO2S/c1-4-6(13(10,11)12)3-2-5(9)7(4)8/h2-3H,1H3,(H2,10,11,12). The fraction of sp³-hybridized carbons (Fsp3) is 0.143. The molecule has 6 heteroatoms. The molecule has 0 unspecified atom stereocenters. The second-order valence-electron chi connectivity index (χ2n) is 2.53. The van der Waals surface area contributed by atoms with Crippen LogP contribution in [-0.4, -0.2) is 8.42 Å². The molecule has 0 radical (unpaired) electrons. The highest BCUT2D eigenvalue weighted by Gasteiger charge is 2.14. The van der Waals surface area contributed by atoms with E-state index in [4.69, 9.17) is 16.7 Å². The lowest BCUT2D eigenvalue weighted by atomic mass is 10.2. The molecule has 0 fully saturated rings. The predicted octanol–water partition coefficient (Wildman–Crippen LogP) is 2.06. The number of sulfonamides is 1. The topological polar surface area (TPSA) is 60.2 Å². The normalized spacial score (nSPS) is 11.7. The quantitative estimate of drug-likeness (QED) is 0.858. The maximum atomic E-state index is 11.0. The first-order valence-corrected chi connectivity index (χ1v) is 6.03. The Kier molecular flexibility index (Phi) is 3.01. The first-order chi connectivity index (χ1) is 5.84. The van der Waals surface area contributed by atoms with Gasteiger partial charge in [-0.1, -0.05) is 11.6 Å². The van der Waals surface area contributed by atoms with Gasteiger partial charge >= 0.3 is 0 Å². The van der Waals surface area contributed by atoms with Gasteiger partial charge in [0.15, 0.2) is 0 Å². The molecule has 1 aromatic rings. The number of halogens is 2. The Balaban J connectivity index is 3.53. The van der Waals surface area contributed by atoms with Gasteiger partial charge in [-0.05, 0) is 40.5 Å². The van der Waals surface area contributed by atoms with Crippen molar-refractivity contribution < 1.29 is 8.42 Å². The first kappa shape index (κ1) is 11.0. The minimum atomic E-state index is -3.66. The van der Waals surface area contributed by atoms with E-state index >= 15 is 0 Å². The zero-order valence-electron chi connectivity index (χ0n) is 6.71. The molecule has 0 saturated heterocycles. The van der Waals surface area contributed by atoms with E-state index in [0.717, 1.165) is 0 Å². The predicted molar refractivity (Wildman–Crippen MR) is 55.3 cm³/mol. The van der Waals surface area contributed by atoms with Gasteiger partial charge in [0, 0.05) is 4.47 Å². The van der Waals surface area contributed by atoms with Crippen LogP contribution < -0.4 is 5.14 Å². The summed E-state index contributed by atoms with van der Waals surface area (Å²) in [7, 11) is -3.66. The highest BCUT2D eigenvalue weighted by molar-refractivity contribution is 9.10. The second-order valence-corrected chi connectivity index (χ2v) is 5.26. The van der Waals surface area contributed by atoms with Gasteiger partial charge < -0.3 is 0 Å². The lowest BCUT2D eigenvalue weighted by molar-refractivity contribution is 0.597. The third kappa shape index (κ3) is 2.22. The fourth-order valence-corrected chi connectivity index (χ4v) is 2.41. The van der Waals surface area contributed by atoms with Crippen LogP contribution in [0.15, 0.2) is 21.5 Å². The summed E-state index contributed by atoms with van der Waals surface area (Å²) in [5, 5.41) is 5.45. The number of hydrogen-bond acceptors (Lipinski definition) is 2. The van der Waals surface area contributed by atoms with Crippen LogP contribution in [0, 0.1) is 6.92 Å². The monoisotopic (exact) mass is 283 g/mol. The van der Waals surface area contributed by atoms with Gasteiger partial charge in [0.25, 0.3) is 0 Å². The van der Waals surface area contributed by atoms with Crippen LogP contribution >= 0.6 is 27.5 Å². The zero-order valence-corrected chi connectivity index (χ0v) is 9.87. The summed E-state index contributed by atoms with van der Waals surface area (Å²) in [6, 6.07) is 2.87. The molecule has 1 rings (SSSR count). The average molecular weight is 285 g/mol. The summed E-state index contributed by atoms with van der Waals surface area (Å²) in [5.74, 6) is 0. The summed E-state index contributed by atoms with van der Waals surface area (Å²) >= 11 is 8.92. The van der Waals surface area contributed by atoms with Gasteiger partial charge in [0.1, 0.15) is 0 Å². The maximum absolute atomic E-state index is 11.0. The smallest absolute Gasteiger partial charge is 0.225 e. The van der Waals surface area contributed by atoms with Crippen molar-refractivity contribution in [2.24, 2.45) is 5.14 Å². The molecule has 0 heterocycles. The van der Waals surface area contributed by atoms with E-state index in [1.165, 1.54) is 12.1 Å². The molecule has 0 saturated carbocycles. The van der Waals surface area contributed by atoms with Crippen molar-refractivity contribution in [3.63, 3.8) is 0 Å². The zero-order chi connectivity index (χ0) is 10.2. The van der Waals surface area contributed by atoms with E-state index in [1.807, 2.05) is 0 Å². The Morgan fingerprint density at radius 1 is 1.46 bits per heavy atom. The molecule has 0 spiro atoms. The van der Waals surface area contributed by atoms with Crippen LogP contribution in [0.1, 0.15) is 5.56 Å². The van der Waals surface area contributed by atoms with E-state index in [2.05, 4.69) is 15.9 Å². The van der Waals surface area contributed by atoms with Crippen molar-refractivity contribution in [1.82, 2.24) is 0 Å². The van der Waals surface area contributed by atoms with E-state index < -0.39 is 10.0 Å². The molecule has 0 aliphatic carbocycles. The molecule has 13 heavy (non-hydrogen) atoms. The van der Waals surface area contributed by atoms with Crippen molar-refractivity contribution in [2.75, 3.05) is 0 Å². The molecule has 3 nitrogen and oxygen atoms in total. The van der Waals surface area contributed by atoms with Crippen LogP contribution in [0.3, 0.4) is 0 Å². The van der Waals surface area contributed by atoms with E-state index in [-0.39, 0.29) is 4.90 Å². The van der Waals surface area contributed by atoms with Crippen LogP contribution in [0.5, 0.6) is 0 Å². The SMILES string of the molecule is Cc1c(S(N)(=O)=O)ccc(Cl)c1Br.